The minimum atomic E-state index is 0.690. The number of rotatable bonds is 0. The highest BCUT2D eigenvalue weighted by Gasteiger charge is 2.14. The molecule has 0 aliphatic heterocycles. The largest absolute Gasteiger partial charge is 0.447 e. The van der Waals surface area contributed by atoms with Gasteiger partial charge < -0.3 is 4.42 Å². The van der Waals surface area contributed by atoms with Crippen molar-refractivity contribution < 1.29 is 4.42 Å². The van der Waals surface area contributed by atoms with Gasteiger partial charge >= 0.3 is 0 Å². The van der Waals surface area contributed by atoms with Crippen LogP contribution in [0, 0.1) is 0 Å². The molecule has 1 heterocycles. The average molecular weight is 360 g/mol. The van der Waals surface area contributed by atoms with E-state index >= 15 is 0 Å². The van der Waals surface area contributed by atoms with E-state index < -0.39 is 0 Å². The summed E-state index contributed by atoms with van der Waals surface area (Å²) in [5.41, 5.74) is 0.846. The van der Waals surface area contributed by atoms with Gasteiger partial charge in [0.05, 0.1) is 4.47 Å². The fourth-order valence-corrected chi connectivity index (χ4v) is 2.84. The van der Waals surface area contributed by atoms with Crippen molar-refractivity contribution >= 4 is 65.2 Å². The molecule has 0 N–H and O–H groups in total. The Balaban J connectivity index is 2.64. The lowest BCUT2D eigenvalue weighted by atomic mass is 10.1. The predicted molar refractivity (Wildman–Crippen MR) is 74.1 cm³/mol. The molecule has 0 spiro atoms. The van der Waals surface area contributed by atoms with Crippen molar-refractivity contribution in [3.63, 3.8) is 0 Å². The van der Waals surface area contributed by atoms with Crippen LogP contribution in [0.3, 0.4) is 0 Å². The lowest BCUT2D eigenvalue weighted by Gasteiger charge is -2.00. The van der Waals surface area contributed by atoms with E-state index in [2.05, 4.69) is 31.9 Å². The Morgan fingerprint density at radius 3 is 2.44 bits per heavy atom. The van der Waals surface area contributed by atoms with E-state index in [4.69, 9.17) is 16.0 Å². The third-order valence-electron chi connectivity index (χ3n) is 2.55. The van der Waals surface area contributed by atoms with Crippen molar-refractivity contribution in [2.24, 2.45) is 0 Å². The Morgan fingerprint density at radius 1 is 1.00 bits per heavy atom. The van der Waals surface area contributed by atoms with Gasteiger partial charge in [-0.2, -0.15) is 0 Å². The highest BCUT2D eigenvalue weighted by Crippen LogP contribution is 2.40. The van der Waals surface area contributed by atoms with Crippen LogP contribution in [0.15, 0.2) is 43.9 Å². The van der Waals surface area contributed by atoms with E-state index in [1.54, 1.807) is 0 Å². The molecule has 80 valence electrons. The number of halogens is 3. The van der Waals surface area contributed by atoms with Gasteiger partial charge in [-0.25, -0.2) is 0 Å². The second kappa shape index (κ2) is 3.76. The highest BCUT2D eigenvalue weighted by atomic mass is 79.9. The molecule has 4 heteroatoms. The minimum absolute atomic E-state index is 0.690. The lowest BCUT2D eigenvalue weighted by molar-refractivity contribution is 0.588. The highest BCUT2D eigenvalue weighted by molar-refractivity contribution is 9.13. The van der Waals surface area contributed by atoms with Gasteiger partial charge in [-0.05, 0) is 37.9 Å². The molecule has 0 unspecified atom stereocenters. The van der Waals surface area contributed by atoms with Crippen LogP contribution >= 0.6 is 43.5 Å². The molecule has 0 aliphatic rings. The summed E-state index contributed by atoms with van der Waals surface area (Å²) in [7, 11) is 0. The van der Waals surface area contributed by atoms with E-state index in [1.165, 1.54) is 0 Å². The summed E-state index contributed by atoms with van der Waals surface area (Å²) in [6.07, 6.45) is 0. The Hall–Kier alpha value is -0.510. The van der Waals surface area contributed by atoms with Crippen LogP contribution in [-0.4, -0.2) is 0 Å². The Kier molecular flexibility index (Phi) is 2.50. The normalized spacial score (nSPS) is 11.4. The van der Waals surface area contributed by atoms with E-state index in [1.807, 2.05) is 30.3 Å². The fraction of sp³-hybridized carbons (Fsp3) is 0. The van der Waals surface area contributed by atoms with Gasteiger partial charge in [0.25, 0.3) is 0 Å². The van der Waals surface area contributed by atoms with Crippen LogP contribution in [0.1, 0.15) is 0 Å². The summed E-state index contributed by atoms with van der Waals surface area (Å²) < 4.78 is 7.27. The zero-order valence-electron chi connectivity index (χ0n) is 7.93. The third-order valence-corrected chi connectivity index (χ3v) is 4.74. The Labute approximate surface area is 114 Å². The predicted octanol–water partition coefficient (Wildman–Crippen LogP) is 5.76. The quantitative estimate of drug-likeness (QED) is 0.496. The molecule has 16 heavy (non-hydrogen) atoms. The molecular weight excluding hydrogens is 355 g/mol. The summed E-state index contributed by atoms with van der Waals surface area (Å²) in [6, 6.07) is 9.85. The number of hydrogen-bond donors (Lipinski definition) is 0. The molecule has 0 bridgehead atoms. The van der Waals surface area contributed by atoms with Crippen LogP contribution in [0.2, 0.25) is 5.02 Å². The van der Waals surface area contributed by atoms with Crippen LogP contribution < -0.4 is 0 Å². The van der Waals surface area contributed by atoms with Gasteiger partial charge in [-0.1, -0.05) is 35.9 Å². The number of benzene rings is 2. The molecule has 1 nitrogen and oxygen atoms in total. The zero-order chi connectivity index (χ0) is 11.3. The van der Waals surface area contributed by atoms with Crippen molar-refractivity contribution in [3.8, 4) is 0 Å². The average Bonchev–Trinajstić information content (AvgIpc) is 2.57. The number of fused-ring (bicyclic) bond motifs is 3. The smallest absolute Gasteiger partial charge is 0.184 e. The summed E-state index contributed by atoms with van der Waals surface area (Å²) in [5.74, 6) is 0. The summed E-state index contributed by atoms with van der Waals surface area (Å²) in [4.78, 5) is 0. The van der Waals surface area contributed by atoms with Crippen molar-refractivity contribution in [1.29, 1.82) is 0 Å². The maximum Gasteiger partial charge on any atom is 0.184 e. The molecule has 0 saturated heterocycles. The monoisotopic (exact) mass is 358 g/mol. The summed E-state index contributed by atoms with van der Waals surface area (Å²) >= 11 is 13.1. The van der Waals surface area contributed by atoms with Gasteiger partial charge in [0.1, 0.15) is 5.58 Å². The van der Waals surface area contributed by atoms with Crippen molar-refractivity contribution in [3.05, 3.63) is 44.5 Å². The van der Waals surface area contributed by atoms with Gasteiger partial charge in [0.15, 0.2) is 4.67 Å². The van der Waals surface area contributed by atoms with Gasteiger partial charge in [0.2, 0.25) is 0 Å². The topological polar surface area (TPSA) is 13.1 Å². The first kappa shape index (κ1) is 10.6. The van der Waals surface area contributed by atoms with Gasteiger partial charge in [0, 0.05) is 21.2 Å². The summed E-state index contributed by atoms with van der Waals surface area (Å²) in [6.45, 7) is 0. The van der Waals surface area contributed by atoms with Crippen molar-refractivity contribution in [2.75, 3.05) is 0 Å². The number of furan rings is 1. The number of hydrogen-bond acceptors (Lipinski definition) is 1. The molecule has 3 aromatic rings. The Morgan fingerprint density at radius 2 is 1.69 bits per heavy atom. The maximum absolute atomic E-state index is 6.24. The first-order chi connectivity index (χ1) is 7.68. The molecule has 0 aliphatic carbocycles. The van der Waals surface area contributed by atoms with Crippen LogP contribution in [0.25, 0.3) is 21.7 Å². The van der Waals surface area contributed by atoms with Gasteiger partial charge in [-0.15, -0.1) is 0 Å². The van der Waals surface area contributed by atoms with Gasteiger partial charge in [-0.3, -0.25) is 0 Å². The van der Waals surface area contributed by atoms with Crippen LogP contribution in [0.5, 0.6) is 0 Å². The first-order valence-corrected chi connectivity index (χ1v) is 6.59. The second-order valence-corrected chi connectivity index (χ2v) is 5.39. The molecule has 0 amide bonds. The molecular formula is C12H5Br2ClO. The van der Waals surface area contributed by atoms with E-state index in [9.17, 15) is 0 Å². The van der Waals surface area contributed by atoms with Crippen molar-refractivity contribution in [1.82, 2.24) is 0 Å². The molecule has 0 fully saturated rings. The Bertz CT molecular complexity index is 703. The summed E-state index contributed by atoms with van der Waals surface area (Å²) in [5, 5.41) is 3.74. The van der Waals surface area contributed by atoms with Crippen LogP contribution in [0.4, 0.5) is 0 Å². The first-order valence-electron chi connectivity index (χ1n) is 4.63. The standard InChI is InChI=1S/C12H5Br2ClO/c13-10-8-5-9(15)6-3-1-2-4-7(6)11(8)16-12(10)14/h1-5H. The second-order valence-electron chi connectivity index (χ2n) is 3.47. The molecule has 0 saturated carbocycles. The van der Waals surface area contributed by atoms with E-state index in [0.717, 1.165) is 31.2 Å². The SMILES string of the molecule is Clc1cc2c(Br)c(Br)oc2c2ccccc12. The zero-order valence-corrected chi connectivity index (χ0v) is 11.9. The van der Waals surface area contributed by atoms with Crippen molar-refractivity contribution in [2.45, 2.75) is 0 Å². The maximum atomic E-state index is 6.24. The fourth-order valence-electron chi connectivity index (χ4n) is 1.82. The molecule has 1 aromatic heterocycles. The molecule has 0 atom stereocenters. The molecule has 3 rings (SSSR count). The third kappa shape index (κ3) is 1.42. The van der Waals surface area contributed by atoms with E-state index in [-0.39, 0.29) is 0 Å². The minimum Gasteiger partial charge on any atom is -0.447 e. The molecule has 2 aromatic carbocycles. The van der Waals surface area contributed by atoms with Crippen LogP contribution in [-0.2, 0) is 0 Å². The van der Waals surface area contributed by atoms with E-state index in [0.29, 0.717) is 4.67 Å². The molecule has 0 radical (unpaired) electrons. The lowest BCUT2D eigenvalue weighted by Crippen LogP contribution is -1.75.